The monoisotopic (exact) mass is 360 g/mol. The Balaban J connectivity index is 2.34. The summed E-state index contributed by atoms with van der Waals surface area (Å²) in [5.41, 5.74) is 0. The lowest BCUT2D eigenvalue weighted by molar-refractivity contribution is 0.213. The summed E-state index contributed by atoms with van der Waals surface area (Å²) in [4.78, 5) is 4.05. The van der Waals surface area contributed by atoms with Gasteiger partial charge in [-0.15, -0.1) is 0 Å². The predicted molar refractivity (Wildman–Crippen MR) is 87.6 cm³/mol. The van der Waals surface area contributed by atoms with Gasteiger partial charge in [-0.3, -0.25) is 4.98 Å². The van der Waals surface area contributed by atoms with Crippen molar-refractivity contribution in [1.29, 1.82) is 0 Å². The van der Waals surface area contributed by atoms with Crippen LogP contribution in [0.2, 0.25) is 0 Å². The normalized spacial score (nSPS) is 15.3. The first-order valence-corrected chi connectivity index (χ1v) is 8.41. The number of hydrogen-bond donors (Lipinski definition) is 0. The van der Waals surface area contributed by atoms with Gasteiger partial charge in [-0.25, -0.2) is 0 Å². The summed E-state index contributed by atoms with van der Waals surface area (Å²) in [6.45, 7) is 7.72. The predicted octanol–water partition coefficient (Wildman–Crippen LogP) is 3.92. The van der Waals surface area contributed by atoms with E-state index >= 15 is 0 Å². The molecule has 1 rings (SSSR count). The van der Waals surface area contributed by atoms with Crippen molar-refractivity contribution in [1.82, 2.24) is 4.98 Å². The molecule has 1 heterocycles. The van der Waals surface area contributed by atoms with E-state index in [1.165, 1.54) is 0 Å². The molecule has 0 aromatic carbocycles. The summed E-state index contributed by atoms with van der Waals surface area (Å²) in [7, 11) is 0. The first kappa shape index (κ1) is 17.5. The third-order valence-electron chi connectivity index (χ3n) is 2.41. The fraction of sp³-hybridized carbons (Fsp3) is 0.571. The van der Waals surface area contributed by atoms with Crippen LogP contribution in [0.1, 0.15) is 40.5 Å². The minimum Gasteiger partial charge on any atom is -0.591 e. The lowest BCUT2D eigenvalue weighted by Crippen LogP contribution is -2.25. The Bertz CT molecular complexity index is 449. The van der Waals surface area contributed by atoms with Gasteiger partial charge in [0.15, 0.2) is 0 Å². The molecule has 20 heavy (non-hydrogen) atoms. The largest absolute Gasteiger partial charge is 0.591 e. The van der Waals surface area contributed by atoms with E-state index in [2.05, 4.69) is 25.3 Å². The number of rotatable bonds is 6. The number of aromatic nitrogens is 1. The lowest BCUT2D eigenvalue weighted by Gasteiger charge is -2.18. The van der Waals surface area contributed by atoms with Crippen molar-refractivity contribution in [3.63, 3.8) is 0 Å². The van der Waals surface area contributed by atoms with E-state index in [0.717, 1.165) is 23.1 Å². The molecule has 1 unspecified atom stereocenters. The van der Waals surface area contributed by atoms with Crippen molar-refractivity contribution in [2.75, 3.05) is 0 Å². The Morgan fingerprint density at radius 2 is 2.20 bits per heavy atom. The molecule has 0 aliphatic carbocycles. The molecule has 0 N–H and O–H groups in total. The highest BCUT2D eigenvalue weighted by Crippen LogP contribution is 2.19. The van der Waals surface area contributed by atoms with Gasteiger partial charge in [-0.1, -0.05) is 4.40 Å². The van der Waals surface area contributed by atoms with E-state index in [-0.39, 0.29) is 10.9 Å². The maximum Gasteiger partial charge on any atom is 0.144 e. The summed E-state index contributed by atoms with van der Waals surface area (Å²) in [6, 6.07) is 1.88. The van der Waals surface area contributed by atoms with Crippen LogP contribution >= 0.6 is 15.9 Å². The standard InChI is InChI=1S/C14H21BrN2O2S/c1-11(19-13-8-12(15)9-16-10-13)6-5-7-17-20(18)14(2,3)4/h7-11H,5-6H2,1-4H3/t11-,20?/m0/s1. The third kappa shape index (κ3) is 6.72. The molecule has 1 aromatic heterocycles. The Morgan fingerprint density at radius 1 is 1.50 bits per heavy atom. The molecular weight excluding hydrogens is 340 g/mol. The van der Waals surface area contributed by atoms with Crippen molar-refractivity contribution in [3.05, 3.63) is 22.9 Å². The number of ether oxygens (including phenoxy) is 1. The molecule has 112 valence electrons. The second-order valence-corrected chi connectivity index (χ2v) is 8.34. The van der Waals surface area contributed by atoms with Gasteiger partial charge in [0.1, 0.15) is 21.9 Å². The summed E-state index contributed by atoms with van der Waals surface area (Å²) in [5.74, 6) is 0.738. The maximum absolute atomic E-state index is 11.7. The maximum atomic E-state index is 11.7. The molecule has 0 radical (unpaired) electrons. The van der Waals surface area contributed by atoms with E-state index in [0.29, 0.717) is 0 Å². The fourth-order valence-corrected chi connectivity index (χ4v) is 2.24. The van der Waals surface area contributed by atoms with E-state index in [1.807, 2.05) is 33.8 Å². The van der Waals surface area contributed by atoms with Gasteiger partial charge in [0.25, 0.3) is 0 Å². The second-order valence-electron chi connectivity index (χ2n) is 5.49. The number of halogens is 1. The molecule has 0 spiro atoms. The quantitative estimate of drug-likeness (QED) is 0.570. The SMILES string of the molecule is C[C@@H](CCC=N[S+]([O-])C(C)(C)C)Oc1cncc(Br)c1. The first-order chi connectivity index (χ1) is 9.29. The van der Waals surface area contributed by atoms with Crippen LogP contribution in [0.3, 0.4) is 0 Å². The van der Waals surface area contributed by atoms with Crippen LogP contribution in [0.15, 0.2) is 27.3 Å². The Morgan fingerprint density at radius 3 is 2.80 bits per heavy atom. The smallest absolute Gasteiger partial charge is 0.144 e. The van der Waals surface area contributed by atoms with Crippen LogP contribution in [-0.4, -0.2) is 26.6 Å². The molecule has 1 aromatic rings. The van der Waals surface area contributed by atoms with Crippen molar-refractivity contribution in [2.45, 2.75) is 51.4 Å². The van der Waals surface area contributed by atoms with Crippen LogP contribution in [0.5, 0.6) is 5.75 Å². The Kier molecular flexibility index (Phi) is 6.99. The molecule has 2 atom stereocenters. The van der Waals surface area contributed by atoms with Gasteiger partial charge >= 0.3 is 0 Å². The van der Waals surface area contributed by atoms with Crippen molar-refractivity contribution >= 4 is 33.5 Å². The number of pyridine rings is 1. The van der Waals surface area contributed by atoms with E-state index in [9.17, 15) is 4.55 Å². The summed E-state index contributed by atoms with van der Waals surface area (Å²) < 4.78 is 22.1. The topological polar surface area (TPSA) is 57.5 Å². The fourth-order valence-electron chi connectivity index (χ4n) is 1.34. The van der Waals surface area contributed by atoms with Crippen LogP contribution in [-0.2, 0) is 11.4 Å². The second kappa shape index (κ2) is 8.00. The molecule has 0 amide bonds. The summed E-state index contributed by atoms with van der Waals surface area (Å²) in [6.07, 6.45) is 6.73. The average Bonchev–Trinajstić information content (AvgIpc) is 2.33. The van der Waals surface area contributed by atoms with Gasteiger partial charge in [-0.2, -0.15) is 0 Å². The Hall–Kier alpha value is -0.590. The number of nitrogens with zero attached hydrogens (tertiary/aromatic N) is 2. The van der Waals surface area contributed by atoms with E-state index in [1.54, 1.807) is 18.6 Å². The van der Waals surface area contributed by atoms with Gasteiger partial charge < -0.3 is 9.29 Å². The molecule has 0 saturated carbocycles. The zero-order valence-corrected chi connectivity index (χ0v) is 14.7. The van der Waals surface area contributed by atoms with Gasteiger partial charge in [0.2, 0.25) is 0 Å². The molecule has 0 aliphatic rings. The summed E-state index contributed by atoms with van der Waals surface area (Å²) in [5, 5.41) is 0. The molecule has 4 nitrogen and oxygen atoms in total. The molecule has 0 bridgehead atoms. The van der Waals surface area contributed by atoms with Crippen molar-refractivity contribution in [2.24, 2.45) is 4.40 Å². The molecule has 6 heteroatoms. The van der Waals surface area contributed by atoms with Gasteiger partial charge in [-0.05, 0) is 62.5 Å². The minimum absolute atomic E-state index is 0.0561. The highest BCUT2D eigenvalue weighted by Gasteiger charge is 2.25. The minimum atomic E-state index is -1.18. The zero-order valence-electron chi connectivity index (χ0n) is 12.3. The van der Waals surface area contributed by atoms with E-state index < -0.39 is 11.4 Å². The Labute approximate surface area is 132 Å². The molecule has 0 fully saturated rings. The van der Waals surface area contributed by atoms with Gasteiger partial charge in [0.05, 0.1) is 18.5 Å². The lowest BCUT2D eigenvalue weighted by atomic mass is 10.2. The molecule has 0 aliphatic heterocycles. The molecule has 0 saturated heterocycles. The highest BCUT2D eigenvalue weighted by atomic mass is 79.9. The summed E-state index contributed by atoms with van der Waals surface area (Å²) >= 11 is 2.17. The van der Waals surface area contributed by atoms with Crippen molar-refractivity contribution < 1.29 is 9.29 Å². The number of hydrogen-bond acceptors (Lipinski definition) is 4. The van der Waals surface area contributed by atoms with Crippen molar-refractivity contribution in [3.8, 4) is 5.75 Å². The zero-order chi connectivity index (χ0) is 15.2. The van der Waals surface area contributed by atoms with Crippen LogP contribution in [0.25, 0.3) is 0 Å². The van der Waals surface area contributed by atoms with E-state index in [4.69, 9.17) is 4.74 Å². The molecular formula is C14H21BrN2O2S. The van der Waals surface area contributed by atoms with Gasteiger partial charge in [0, 0.05) is 10.7 Å². The highest BCUT2D eigenvalue weighted by molar-refractivity contribution is 9.10. The first-order valence-electron chi connectivity index (χ1n) is 6.51. The third-order valence-corrected chi connectivity index (χ3v) is 4.24. The van der Waals surface area contributed by atoms with Crippen LogP contribution in [0.4, 0.5) is 0 Å². The van der Waals surface area contributed by atoms with Crippen LogP contribution < -0.4 is 4.74 Å². The van der Waals surface area contributed by atoms with Crippen LogP contribution in [0, 0.1) is 0 Å². The average molecular weight is 361 g/mol.